The number of rotatable bonds is 16. The maximum absolute atomic E-state index is 14.0. The van der Waals surface area contributed by atoms with Gasteiger partial charge in [0.05, 0.1) is 48.8 Å². The fraction of sp³-hybridized carbons (Fsp3) is 0.810. The highest BCUT2D eigenvalue weighted by Crippen LogP contribution is 2.71. The number of carbonyl (C=O) groups is 3. The van der Waals surface area contributed by atoms with Crippen LogP contribution in [0.25, 0.3) is 0 Å². The molecule has 1 aromatic rings. The molecule has 4 aliphatic carbocycles. The summed E-state index contributed by atoms with van der Waals surface area (Å²) in [5.41, 5.74) is -5.16. The van der Waals surface area contributed by atoms with Crippen LogP contribution in [0, 0.1) is 22.7 Å². The molecule has 0 radical (unpaired) electrons. The number of carbonyl (C=O) groups excluding carboxylic acids is 3. The molecule has 0 bridgehead atoms. The molecule has 82 heavy (non-hydrogen) atoms. The second-order valence-corrected chi connectivity index (χ2v) is 24.6. The molecule has 9 rings (SSSR count). The lowest BCUT2D eigenvalue weighted by molar-refractivity contribution is -0.474. The van der Waals surface area contributed by atoms with Gasteiger partial charge in [-0.25, -0.2) is 4.79 Å². The molecule has 7 fully saturated rings. The molecule has 0 aromatic heterocycles. The largest absolute Gasteiger partial charge is 0.458 e. The first-order valence-electron chi connectivity index (χ1n) is 28.6. The highest BCUT2D eigenvalue weighted by atomic mass is 16.9. The first-order chi connectivity index (χ1) is 38.6. The van der Waals surface area contributed by atoms with E-state index in [0.717, 1.165) is 5.57 Å². The Kier molecular flexibility index (Phi) is 18.4. The number of hydrogen-bond acceptors (Lipinski definition) is 24. The molecular formula is C58H86O24. The number of ether oxygens (including phenoxy) is 13. The van der Waals surface area contributed by atoms with E-state index in [1.165, 1.54) is 35.0 Å². The summed E-state index contributed by atoms with van der Waals surface area (Å²) in [6.45, 7) is 12.5. The van der Waals surface area contributed by atoms with Crippen molar-refractivity contribution in [1.29, 1.82) is 0 Å². The van der Waals surface area contributed by atoms with E-state index in [1.54, 1.807) is 51.3 Å². The summed E-state index contributed by atoms with van der Waals surface area (Å²) >= 11 is 0. The minimum absolute atomic E-state index is 0.0280. The monoisotopic (exact) mass is 1170 g/mol. The fourth-order valence-corrected chi connectivity index (χ4v) is 15.6. The molecule has 1 aromatic carbocycles. The predicted molar refractivity (Wildman–Crippen MR) is 280 cm³/mol. The van der Waals surface area contributed by atoms with E-state index in [4.69, 9.17) is 61.6 Å². The Bertz CT molecular complexity index is 2470. The fourth-order valence-electron chi connectivity index (χ4n) is 15.6. The number of benzene rings is 1. The zero-order valence-electron chi connectivity index (χ0n) is 48.6. The lowest BCUT2D eigenvalue weighted by atomic mass is 9.42. The van der Waals surface area contributed by atoms with Crippen LogP contribution in [0.2, 0.25) is 0 Å². The topological polar surface area (TPSA) is 333 Å². The Hall–Kier alpha value is -3.19. The predicted octanol–water partition coefficient (Wildman–Crippen LogP) is 1.23. The van der Waals surface area contributed by atoms with Gasteiger partial charge in [0.25, 0.3) is 0 Å². The van der Waals surface area contributed by atoms with Gasteiger partial charge in [0, 0.05) is 58.3 Å². The molecule has 0 amide bonds. The van der Waals surface area contributed by atoms with Crippen molar-refractivity contribution >= 4 is 17.7 Å². The van der Waals surface area contributed by atoms with E-state index in [0.29, 0.717) is 19.3 Å². The Balaban J connectivity index is 0.857. The van der Waals surface area contributed by atoms with Gasteiger partial charge in [-0.2, -0.15) is 0 Å². The summed E-state index contributed by atoms with van der Waals surface area (Å²) in [5, 5.41) is 90.2. The average Bonchev–Trinajstić information content (AvgIpc) is 1.27. The zero-order valence-corrected chi connectivity index (χ0v) is 48.6. The van der Waals surface area contributed by atoms with Gasteiger partial charge in [0.2, 0.25) is 0 Å². The molecule has 24 heteroatoms. The highest BCUT2D eigenvalue weighted by molar-refractivity contribution is 5.89. The van der Waals surface area contributed by atoms with Crippen molar-refractivity contribution in [2.24, 2.45) is 22.7 Å². The Morgan fingerprint density at radius 3 is 2.02 bits per heavy atom. The van der Waals surface area contributed by atoms with Crippen LogP contribution in [-0.2, 0) is 71.2 Å². The first kappa shape index (κ1) is 63.3. The maximum Gasteiger partial charge on any atom is 0.338 e. The number of ketones is 1. The van der Waals surface area contributed by atoms with Crippen molar-refractivity contribution in [3.05, 3.63) is 47.5 Å². The minimum Gasteiger partial charge on any atom is -0.458 e. The van der Waals surface area contributed by atoms with Crippen molar-refractivity contribution < 1.29 is 117 Å². The van der Waals surface area contributed by atoms with E-state index in [1.807, 2.05) is 26.8 Å². The Morgan fingerprint density at radius 2 is 1.39 bits per heavy atom. The third-order valence-electron chi connectivity index (χ3n) is 19.7. The van der Waals surface area contributed by atoms with Crippen LogP contribution in [0.5, 0.6) is 0 Å². The minimum atomic E-state index is -2.95. The number of aliphatic hydroxyl groups is 8. The number of Topliss-reactive ketones (excluding diaryl/α,β-unsaturated/α-hetero) is 1. The van der Waals surface area contributed by atoms with E-state index in [2.05, 4.69) is 0 Å². The Labute approximate surface area is 477 Å². The summed E-state index contributed by atoms with van der Waals surface area (Å²) in [5.74, 6) is -7.55. The molecule has 4 saturated heterocycles. The van der Waals surface area contributed by atoms with Crippen LogP contribution in [0.4, 0.5) is 0 Å². The van der Waals surface area contributed by atoms with Crippen LogP contribution in [0.1, 0.15) is 117 Å². The van der Waals surface area contributed by atoms with Crippen LogP contribution >= 0.6 is 0 Å². The lowest BCUT2D eigenvalue weighted by Crippen LogP contribution is -2.80. The third-order valence-corrected chi connectivity index (χ3v) is 19.7. The standard InChI is InChI=1S/C58H86O24/c1-27(60)35-19-22-57(68)55(35,8)50(78-51(66)32-15-13-12-14-16-32)47(75-31(5)61)48-53(6)20-18-34(23-33(53)17-21-56(48,57)67)80-54(7)25-37(71-10)44(30(4)79-54)76-39-24-36(70-9)43(28(2)73-39)77-52-42(64)46(72-11)45(29(3)74-52)82-58(69)49(65)41(63)40(62)38(26-59)81-58/h12-17,28-30,34-50,52,59,62-65,67-69H,18-26H2,1-11H3/t28?,29?,30?,34-,35-,36?,37?,38?,39?,40+,41?,42?,43?,44?,45?,46?,47-,48?,49-,50+,52?,53-,54?,55-,56-,57+,58+/m0/s1. The normalized spacial score (nSPS) is 49.4. The quantitative estimate of drug-likeness (QED) is 0.0656. The first-order valence-corrected chi connectivity index (χ1v) is 28.6. The van der Waals surface area contributed by atoms with Crippen LogP contribution in [0.15, 0.2) is 42.0 Å². The van der Waals surface area contributed by atoms with Gasteiger partial charge in [0.1, 0.15) is 78.0 Å². The molecule has 16 unspecified atom stereocenters. The molecule has 4 aliphatic heterocycles. The van der Waals surface area contributed by atoms with Gasteiger partial charge in [-0.3, -0.25) is 9.59 Å². The number of esters is 2. The summed E-state index contributed by atoms with van der Waals surface area (Å²) in [6.07, 6.45) is -18.0. The zero-order chi connectivity index (χ0) is 59.8. The van der Waals surface area contributed by atoms with Crippen molar-refractivity contribution in [2.45, 2.75) is 246 Å². The van der Waals surface area contributed by atoms with Gasteiger partial charge < -0.3 is 102 Å². The van der Waals surface area contributed by atoms with Crippen molar-refractivity contribution in [3.63, 3.8) is 0 Å². The average molecular weight is 1170 g/mol. The van der Waals surface area contributed by atoms with Crippen molar-refractivity contribution in [2.75, 3.05) is 27.9 Å². The SMILES string of the molecule is COC1CC(C)(O[C@H]2CC[C@@]3(C)C(=CC[C@]4(O)C3[C@H](OC(C)=O)[C@@H](OC(=O)c3ccccc3)[C@]3(C)[C@H](C(C)=O)CC[C@@]34O)C2)OC(C)C1OC1CC(OC)C(OC2OC(C)C(O[C@]3(O)OC(CO)[C@@H](O)C(O)[C@@H]3O)C(OC)C2O)C(C)O1. The summed E-state index contributed by atoms with van der Waals surface area (Å²) in [6, 6.07) is 8.33. The molecule has 0 spiro atoms. The molecule has 8 N–H and O–H groups in total. The molecule has 8 aliphatic rings. The van der Waals surface area contributed by atoms with Gasteiger partial charge >= 0.3 is 17.9 Å². The third kappa shape index (κ3) is 10.8. The van der Waals surface area contributed by atoms with E-state index < -0.39 is 181 Å². The highest BCUT2D eigenvalue weighted by Gasteiger charge is 2.81. The molecule has 3 saturated carbocycles. The number of aliphatic hydroxyl groups excluding tert-OH is 5. The van der Waals surface area contributed by atoms with E-state index >= 15 is 0 Å². The maximum atomic E-state index is 14.0. The number of methoxy groups -OCH3 is 3. The smallest absolute Gasteiger partial charge is 0.338 e. The van der Waals surface area contributed by atoms with Gasteiger partial charge in [-0.05, 0) is 90.7 Å². The summed E-state index contributed by atoms with van der Waals surface area (Å²) in [7, 11) is 4.35. The van der Waals surface area contributed by atoms with Gasteiger partial charge in [-0.15, -0.1) is 0 Å². The van der Waals surface area contributed by atoms with Crippen LogP contribution in [0.3, 0.4) is 0 Å². The number of hydrogen-bond donors (Lipinski definition) is 8. The van der Waals surface area contributed by atoms with Crippen molar-refractivity contribution in [1.82, 2.24) is 0 Å². The van der Waals surface area contributed by atoms with E-state index in [9.17, 15) is 55.2 Å². The lowest BCUT2D eigenvalue weighted by Gasteiger charge is -2.68. The van der Waals surface area contributed by atoms with E-state index in [-0.39, 0.29) is 43.5 Å². The van der Waals surface area contributed by atoms with Crippen molar-refractivity contribution in [3.8, 4) is 0 Å². The van der Waals surface area contributed by atoms with Crippen LogP contribution in [-0.4, -0.2) is 226 Å². The molecule has 27 atom stereocenters. The molecular weight excluding hydrogens is 1080 g/mol. The molecule has 24 nitrogen and oxygen atoms in total. The molecule has 4 heterocycles. The second-order valence-electron chi connectivity index (χ2n) is 24.6. The second kappa shape index (κ2) is 23.8. The Morgan fingerprint density at radius 1 is 0.720 bits per heavy atom. The summed E-state index contributed by atoms with van der Waals surface area (Å²) < 4.78 is 80.4. The van der Waals surface area contributed by atoms with Gasteiger partial charge in [0.15, 0.2) is 24.5 Å². The summed E-state index contributed by atoms with van der Waals surface area (Å²) in [4.78, 5) is 40.7. The van der Waals surface area contributed by atoms with Crippen LogP contribution < -0.4 is 0 Å². The van der Waals surface area contributed by atoms with Gasteiger partial charge in [-0.1, -0.05) is 43.7 Å². The number of fused-ring (bicyclic) bond motifs is 5. The molecule has 462 valence electrons.